The molecule has 1 aromatic rings. The minimum atomic E-state index is -4.11. The molecule has 0 aliphatic carbocycles. The van der Waals surface area contributed by atoms with Crippen LogP contribution in [0.2, 0.25) is 0 Å². The minimum Gasteiger partial charge on any atom is -0.480 e. The smallest absolute Gasteiger partial charge is 0.480 e. The van der Waals surface area contributed by atoms with E-state index in [1.807, 2.05) is 4.72 Å². The fourth-order valence-electron chi connectivity index (χ4n) is 1.39. The quantitative estimate of drug-likeness (QED) is 0.853. The van der Waals surface area contributed by atoms with Gasteiger partial charge in [0, 0.05) is 6.07 Å². The second-order valence-corrected chi connectivity index (χ2v) is 5.31. The summed E-state index contributed by atoms with van der Waals surface area (Å²) in [6, 6.07) is 3.19. The molecule has 0 fully saturated rings. The molecule has 0 unspecified atom stereocenters. The Morgan fingerprint density at radius 1 is 1.32 bits per heavy atom. The molecule has 10 heteroatoms. The van der Waals surface area contributed by atoms with Crippen LogP contribution in [0, 0.1) is 0 Å². The lowest BCUT2D eigenvalue weighted by atomic mass is 10.3. The van der Waals surface area contributed by atoms with Crippen LogP contribution in [-0.2, 0) is 14.8 Å². The highest BCUT2D eigenvalue weighted by Crippen LogP contribution is 2.42. The first-order chi connectivity index (χ1) is 8.67. The molecular formula is C9H7F2NO6S. The zero-order chi connectivity index (χ0) is 14.3. The average Bonchev–Trinajstić information content (AvgIpc) is 2.47. The lowest BCUT2D eigenvalue weighted by Crippen LogP contribution is -2.25. The van der Waals surface area contributed by atoms with Gasteiger partial charge in [0.15, 0.2) is 17.3 Å². The SMILES string of the molecule is O=C(O)CS(=O)(=O)Nc1ccc2c(c1)OC(F)(F)O2. The van der Waals surface area contributed by atoms with Gasteiger partial charge < -0.3 is 14.6 Å². The lowest BCUT2D eigenvalue weighted by Gasteiger charge is -2.06. The number of aliphatic carboxylic acids is 1. The summed E-state index contributed by atoms with van der Waals surface area (Å²) in [4.78, 5) is 10.3. The predicted octanol–water partition coefficient (Wildman–Crippen LogP) is 0.834. The number of alkyl halides is 2. The van der Waals surface area contributed by atoms with Crippen molar-refractivity contribution in [2.24, 2.45) is 0 Å². The first-order valence-electron chi connectivity index (χ1n) is 4.79. The van der Waals surface area contributed by atoms with Crippen LogP contribution < -0.4 is 14.2 Å². The van der Waals surface area contributed by atoms with Gasteiger partial charge in [0.1, 0.15) is 0 Å². The zero-order valence-electron chi connectivity index (χ0n) is 9.09. The summed E-state index contributed by atoms with van der Waals surface area (Å²) in [5, 5.41) is 8.39. The summed E-state index contributed by atoms with van der Waals surface area (Å²) >= 11 is 0. The van der Waals surface area contributed by atoms with Crippen LogP contribution in [0.3, 0.4) is 0 Å². The molecule has 1 aromatic carbocycles. The van der Waals surface area contributed by atoms with E-state index in [-0.39, 0.29) is 17.2 Å². The molecule has 7 nitrogen and oxygen atoms in total. The van der Waals surface area contributed by atoms with Crippen molar-refractivity contribution in [2.45, 2.75) is 6.29 Å². The van der Waals surface area contributed by atoms with Crippen molar-refractivity contribution in [1.82, 2.24) is 0 Å². The molecule has 0 spiro atoms. The van der Waals surface area contributed by atoms with Crippen LogP contribution >= 0.6 is 0 Å². The highest BCUT2D eigenvalue weighted by molar-refractivity contribution is 7.93. The summed E-state index contributed by atoms with van der Waals surface area (Å²) < 4.78 is 58.2. The molecule has 1 aliphatic rings. The van der Waals surface area contributed by atoms with Crippen molar-refractivity contribution in [3.63, 3.8) is 0 Å². The molecule has 0 radical (unpaired) electrons. The van der Waals surface area contributed by atoms with Gasteiger partial charge in [-0.15, -0.1) is 8.78 Å². The van der Waals surface area contributed by atoms with E-state index in [4.69, 9.17) is 5.11 Å². The van der Waals surface area contributed by atoms with E-state index in [0.29, 0.717) is 0 Å². The van der Waals surface area contributed by atoms with Crippen molar-refractivity contribution in [2.75, 3.05) is 10.5 Å². The molecule has 2 N–H and O–H groups in total. The normalized spacial score (nSPS) is 16.1. The molecule has 19 heavy (non-hydrogen) atoms. The van der Waals surface area contributed by atoms with Gasteiger partial charge >= 0.3 is 12.3 Å². The first-order valence-corrected chi connectivity index (χ1v) is 6.44. The summed E-state index contributed by atoms with van der Waals surface area (Å²) in [6.45, 7) is 0. The van der Waals surface area contributed by atoms with E-state index in [1.54, 1.807) is 0 Å². The number of carboxylic acids is 1. The van der Waals surface area contributed by atoms with Crippen molar-refractivity contribution < 1.29 is 36.6 Å². The van der Waals surface area contributed by atoms with Crippen molar-refractivity contribution in [1.29, 1.82) is 0 Å². The van der Waals surface area contributed by atoms with Gasteiger partial charge in [-0.1, -0.05) is 0 Å². The highest BCUT2D eigenvalue weighted by atomic mass is 32.2. The molecule has 0 saturated carbocycles. The topological polar surface area (TPSA) is 102 Å². The first kappa shape index (κ1) is 13.3. The third-order valence-corrected chi connectivity index (χ3v) is 3.16. The maximum atomic E-state index is 12.7. The van der Waals surface area contributed by atoms with E-state index < -0.39 is 28.0 Å². The Kier molecular flexibility index (Phi) is 2.97. The number of nitrogens with one attached hydrogen (secondary N) is 1. The van der Waals surface area contributed by atoms with Crippen molar-refractivity contribution >= 4 is 21.7 Å². The molecule has 0 aromatic heterocycles. The summed E-state index contributed by atoms with van der Waals surface area (Å²) in [6.07, 6.45) is -3.80. The zero-order valence-corrected chi connectivity index (χ0v) is 9.91. The molecule has 2 rings (SSSR count). The number of halogens is 2. The predicted molar refractivity (Wildman–Crippen MR) is 57.7 cm³/mol. The molecule has 1 aliphatic heterocycles. The average molecular weight is 295 g/mol. The number of sulfonamides is 1. The van der Waals surface area contributed by atoms with E-state index >= 15 is 0 Å². The van der Waals surface area contributed by atoms with Gasteiger partial charge in [-0.2, -0.15) is 0 Å². The molecule has 0 atom stereocenters. The van der Waals surface area contributed by atoms with Gasteiger partial charge in [-0.25, -0.2) is 8.42 Å². The molecule has 1 heterocycles. The van der Waals surface area contributed by atoms with E-state index in [1.165, 1.54) is 0 Å². The van der Waals surface area contributed by atoms with Crippen molar-refractivity contribution in [3.8, 4) is 11.5 Å². The number of hydrogen-bond acceptors (Lipinski definition) is 5. The van der Waals surface area contributed by atoms with E-state index in [2.05, 4.69) is 9.47 Å². The lowest BCUT2D eigenvalue weighted by molar-refractivity contribution is -0.286. The standard InChI is InChI=1S/C9H7F2NO6S/c10-9(11)17-6-2-1-5(3-7(6)18-9)12-19(15,16)4-8(13)14/h1-3,12H,4H2,(H,13,14). The molecular weight excluding hydrogens is 288 g/mol. The summed E-state index contributed by atoms with van der Waals surface area (Å²) in [5.41, 5.74) is -0.110. The number of carboxylic acid groups (broad SMARTS) is 1. The Morgan fingerprint density at radius 2 is 1.95 bits per heavy atom. The maximum absolute atomic E-state index is 12.7. The second kappa shape index (κ2) is 4.23. The third kappa shape index (κ3) is 3.22. The number of rotatable bonds is 4. The van der Waals surface area contributed by atoms with Crippen LogP contribution in [0.25, 0.3) is 0 Å². The van der Waals surface area contributed by atoms with Crippen LogP contribution in [0.15, 0.2) is 18.2 Å². The van der Waals surface area contributed by atoms with Gasteiger partial charge in [0.05, 0.1) is 5.69 Å². The number of ether oxygens (including phenoxy) is 2. The van der Waals surface area contributed by atoms with Crippen LogP contribution in [0.4, 0.5) is 14.5 Å². The number of hydrogen-bond donors (Lipinski definition) is 2. The Morgan fingerprint density at radius 3 is 2.58 bits per heavy atom. The molecule has 0 amide bonds. The largest absolute Gasteiger partial charge is 0.586 e. The maximum Gasteiger partial charge on any atom is 0.586 e. The van der Waals surface area contributed by atoms with Gasteiger partial charge in [-0.05, 0) is 12.1 Å². The Labute approximate surface area is 105 Å². The summed E-state index contributed by atoms with van der Waals surface area (Å²) in [5.74, 6) is -3.27. The van der Waals surface area contributed by atoms with Gasteiger partial charge in [-0.3, -0.25) is 9.52 Å². The van der Waals surface area contributed by atoms with Crippen LogP contribution in [-0.4, -0.2) is 31.5 Å². The van der Waals surface area contributed by atoms with Gasteiger partial charge in [0.25, 0.3) is 0 Å². The number of benzene rings is 1. The third-order valence-electron chi connectivity index (χ3n) is 1.99. The second-order valence-electron chi connectivity index (χ2n) is 3.58. The number of anilines is 1. The minimum absolute atomic E-state index is 0.110. The molecule has 0 saturated heterocycles. The number of fused-ring (bicyclic) bond motifs is 1. The number of carbonyl (C=O) groups is 1. The van der Waals surface area contributed by atoms with Gasteiger partial charge in [0.2, 0.25) is 10.0 Å². The summed E-state index contributed by atoms with van der Waals surface area (Å²) in [7, 11) is -4.11. The highest BCUT2D eigenvalue weighted by Gasteiger charge is 2.43. The van der Waals surface area contributed by atoms with Crippen molar-refractivity contribution in [3.05, 3.63) is 18.2 Å². The van der Waals surface area contributed by atoms with Crippen LogP contribution in [0.1, 0.15) is 0 Å². The molecule has 104 valence electrons. The Hall–Kier alpha value is -2.10. The monoisotopic (exact) mass is 295 g/mol. The fourth-order valence-corrected chi connectivity index (χ4v) is 2.27. The Bertz CT molecular complexity index is 630. The Balaban J connectivity index is 2.19. The van der Waals surface area contributed by atoms with Crippen LogP contribution in [0.5, 0.6) is 11.5 Å². The van der Waals surface area contributed by atoms with E-state index in [9.17, 15) is 22.0 Å². The fraction of sp³-hybridized carbons (Fsp3) is 0.222. The molecule has 0 bridgehead atoms. The van der Waals surface area contributed by atoms with E-state index in [0.717, 1.165) is 18.2 Å².